The molecule has 0 radical (unpaired) electrons. The molecule has 0 aliphatic heterocycles. The molecule has 2 rings (SSSR count). The highest BCUT2D eigenvalue weighted by Crippen LogP contribution is 2.25. The molecule has 0 saturated carbocycles. The molecule has 1 heterocycles. The van der Waals surface area contributed by atoms with E-state index in [2.05, 4.69) is 10.3 Å². The van der Waals surface area contributed by atoms with Crippen LogP contribution in [0.2, 0.25) is 0 Å². The summed E-state index contributed by atoms with van der Waals surface area (Å²) >= 11 is 1.21. The molecule has 168 valence electrons. The number of aromatic nitrogens is 1. The number of amides is 2. The van der Waals surface area contributed by atoms with Gasteiger partial charge in [-0.15, -0.1) is 11.3 Å². The Bertz CT molecular complexity index is 887. The van der Waals surface area contributed by atoms with Gasteiger partial charge < -0.3 is 35.4 Å². The van der Waals surface area contributed by atoms with Crippen LogP contribution in [-0.4, -0.2) is 83.7 Å². The summed E-state index contributed by atoms with van der Waals surface area (Å²) < 4.78 is 10.4. The van der Waals surface area contributed by atoms with Gasteiger partial charge in [-0.3, -0.25) is 9.59 Å². The molecule has 11 nitrogen and oxygen atoms in total. The Kier molecular flexibility index (Phi) is 9.34. The third-order valence-electron chi connectivity index (χ3n) is 4.00. The van der Waals surface area contributed by atoms with E-state index in [0.29, 0.717) is 24.0 Å². The van der Waals surface area contributed by atoms with Gasteiger partial charge in [-0.2, -0.15) is 0 Å². The van der Waals surface area contributed by atoms with E-state index in [4.69, 9.17) is 19.7 Å². The summed E-state index contributed by atoms with van der Waals surface area (Å²) in [6.07, 6.45) is 0. The van der Waals surface area contributed by atoms with E-state index in [9.17, 15) is 19.5 Å². The lowest BCUT2D eigenvalue weighted by Gasteiger charge is -2.18. The van der Waals surface area contributed by atoms with Gasteiger partial charge in [0.1, 0.15) is 35.1 Å². The molecule has 2 amide bonds. The van der Waals surface area contributed by atoms with Gasteiger partial charge in [0.05, 0.1) is 19.8 Å². The van der Waals surface area contributed by atoms with Gasteiger partial charge in [0, 0.05) is 18.1 Å². The lowest BCUT2D eigenvalue weighted by atomic mass is 10.2. The minimum atomic E-state index is -1.55. The molecule has 31 heavy (non-hydrogen) atoms. The van der Waals surface area contributed by atoms with E-state index in [1.807, 2.05) is 5.32 Å². The van der Waals surface area contributed by atoms with Gasteiger partial charge in [-0.05, 0) is 24.3 Å². The van der Waals surface area contributed by atoms with E-state index >= 15 is 0 Å². The van der Waals surface area contributed by atoms with Crippen molar-refractivity contribution in [3.8, 4) is 16.3 Å². The molecule has 12 heteroatoms. The van der Waals surface area contributed by atoms with Crippen LogP contribution in [0.5, 0.6) is 5.75 Å². The first-order valence-electron chi connectivity index (χ1n) is 9.13. The Morgan fingerprint density at radius 1 is 1.06 bits per heavy atom. The van der Waals surface area contributed by atoms with Crippen LogP contribution >= 0.6 is 11.3 Å². The molecule has 5 N–H and O–H groups in total. The number of carbonyl (C=O) groups is 3. The number of aliphatic hydroxyl groups is 2. The zero-order valence-corrected chi connectivity index (χ0v) is 17.4. The number of aliphatic hydroxyl groups excluding tert-OH is 2. The summed E-state index contributed by atoms with van der Waals surface area (Å²) in [4.78, 5) is 39.6. The maximum atomic E-state index is 12.4. The highest BCUT2D eigenvalue weighted by molar-refractivity contribution is 7.13. The van der Waals surface area contributed by atoms with Crippen LogP contribution in [0.3, 0.4) is 0 Å². The summed E-state index contributed by atoms with van der Waals surface area (Å²) in [5.41, 5.74) is 0.787. The fourth-order valence-corrected chi connectivity index (χ4v) is 3.14. The molecular weight excluding hydrogens is 430 g/mol. The van der Waals surface area contributed by atoms with Crippen molar-refractivity contribution >= 4 is 29.1 Å². The van der Waals surface area contributed by atoms with Crippen LogP contribution in [0.15, 0.2) is 29.6 Å². The highest BCUT2D eigenvalue weighted by Gasteiger charge is 2.26. The molecule has 0 bridgehead atoms. The van der Waals surface area contributed by atoms with Crippen LogP contribution in [0, 0.1) is 0 Å². The fourth-order valence-electron chi connectivity index (χ4n) is 2.33. The second-order valence-electron chi connectivity index (χ2n) is 6.19. The van der Waals surface area contributed by atoms with E-state index in [1.54, 1.807) is 31.4 Å². The van der Waals surface area contributed by atoms with E-state index in [1.165, 1.54) is 16.7 Å². The Labute approximate surface area is 181 Å². The van der Waals surface area contributed by atoms with Gasteiger partial charge in [0.25, 0.3) is 5.91 Å². The number of methoxy groups -OCH3 is 1. The largest absolute Gasteiger partial charge is 0.491 e. The number of ether oxygens (including phenoxy) is 2. The number of benzene rings is 1. The average Bonchev–Trinajstić information content (AvgIpc) is 3.26. The number of nitrogens with zero attached hydrogens (tertiary/aromatic N) is 1. The van der Waals surface area contributed by atoms with Gasteiger partial charge in [0.15, 0.2) is 0 Å². The lowest BCUT2D eigenvalue weighted by Crippen LogP contribution is -2.54. The minimum Gasteiger partial charge on any atom is -0.491 e. The van der Waals surface area contributed by atoms with E-state index in [0.717, 1.165) is 5.56 Å². The topological polar surface area (TPSA) is 167 Å². The monoisotopic (exact) mass is 453 g/mol. The van der Waals surface area contributed by atoms with Crippen molar-refractivity contribution in [2.75, 3.05) is 33.5 Å². The molecule has 0 saturated heterocycles. The standard InChI is InChI=1S/C19H23N3O8S/c1-29-6-7-30-12-4-2-11(3-5-12)18-22-15(10-31-18)17(26)20-13(8-23)16(25)21-14(9-24)19(27)28/h2-5,10,13-14,23-24H,6-9H2,1H3,(H,20,26)(H,21,25)(H,27,28)/t13-,14-/m0/s1. The van der Waals surface area contributed by atoms with E-state index in [-0.39, 0.29) is 5.69 Å². The molecular formula is C19H23N3O8S. The summed E-state index contributed by atoms with van der Waals surface area (Å²) in [7, 11) is 1.58. The summed E-state index contributed by atoms with van der Waals surface area (Å²) in [5.74, 6) is -2.45. The maximum absolute atomic E-state index is 12.4. The molecule has 1 aromatic heterocycles. The van der Waals surface area contributed by atoms with E-state index < -0.39 is 43.1 Å². The van der Waals surface area contributed by atoms with Crippen molar-refractivity contribution in [2.24, 2.45) is 0 Å². The molecule has 2 aromatic rings. The lowest BCUT2D eigenvalue weighted by molar-refractivity contribution is -0.143. The summed E-state index contributed by atoms with van der Waals surface area (Å²) in [6, 6.07) is 4.14. The predicted molar refractivity (Wildman–Crippen MR) is 110 cm³/mol. The van der Waals surface area contributed by atoms with Gasteiger partial charge in [0.2, 0.25) is 5.91 Å². The average molecular weight is 453 g/mol. The summed E-state index contributed by atoms with van der Waals surface area (Å²) in [5, 5.41) is 33.6. The highest BCUT2D eigenvalue weighted by atomic mass is 32.1. The first-order chi connectivity index (χ1) is 14.9. The Hall–Kier alpha value is -3.06. The maximum Gasteiger partial charge on any atom is 0.328 e. The fraction of sp³-hybridized carbons (Fsp3) is 0.368. The van der Waals surface area contributed by atoms with Gasteiger partial charge in [-0.1, -0.05) is 0 Å². The Morgan fingerprint density at radius 3 is 2.32 bits per heavy atom. The predicted octanol–water partition coefficient (Wildman–Crippen LogP) is -0.512. The second kappa shape index (κ2) is 12.0. The first kappa shape index (κ1) is 24.2. The second-order valence-corrected chi connectivity index (χ2v) is 7.05. The number of carboxylic acids is 1. The number of hydrogen-bond acceptors (Lipinski definition) is 9. The van der Waals surface area contributed by atoms with Crippen molar-refractivity contribution in [1.82, 2.24) is 15.6 Å². The van der Waals surface area contributed by atoms with Crippen LogP contribution in [0.4, 0.5) is 0 Å². The number of rotatable bonds is 12. The zero-order valence-electron chi connectivity index (χ0n) is 16.6. The number of carbonyl (C=O) groups excluding carboxylic acids is 2. The van der Waals surface area contributed by atoms with Gasteiger partial charge >= 0.3 is 5.97 Å². The van der Waals surface area contributed by atoms with Crippen LogP contribution in [-0.2, 0) is 14.3 Å². The first-order valence-corrected chi connectivity index (χ1v) is 10.0. The Balaban J connectivity index is 2.00. The number of thiazole rings is 1. The molecule has 2 atom stereocenters. The zero-order chi connectivity index (χ0) is 22.8. The number of aliphatic carboxylic acids is 1. The SMILES string of the molecule is COCCOc1ccc(-c2nc(C(=O)N[C@@H](CO)C(=O)N[C@@H](CO)C(=O)O)cs2)cc1. The van der Waals surface area contributed by atoms with Crippen molar-refractivity contribution in [3.63, 3.8) is 0 Å². The van der Waals surface area contributed by atoms with Crippen LogP contribution in [0.1, 0.15) is 10.5 Å². The third-order valence-corrected chi connectivity index (χ3v) is 4.89. The van der Waals surface area contributed by atoms with Crippen molar-refractivity contribution in [3.05, 3.63) is 35.3 Å². The minimum absolute atomic E-state index is 0.0311. The smallest absolute Gasteiger partial charge is 0.328 e. The molecule has 0 aliphatic rings. The van der Waals surface area contributed by atoms with Crippen LogP contribution in [0.25, 0.3) is 10.6 Å². The Morgan fingerprint density at radius 2 is 1.74 bits per heavy atom. The molecule has 0 fully saturated rings. The molecule has 0 unspecified atom stereocenters. The van der Waals surface area contributed by atoms with Crippen molar-refractivity contribution in [1.29, 1.82) is 0 Å². The number of hydrogen-bond donors (Lipinski definition) is 5. The normalized spacial score (nSPS) is 12.6. The van der Waals surface area contributed by atoms with Gasteiger partial charge in [-0.25, -0.2) is 9.78 Å². The van der Waals surface area contributed by atoms with Crippen molar-refractivity contribution < 1.29 is 39.2 Å². The van der Waals surface area contributed by atoms with Crippen molar-refractivity contribution in [2.45, 2.75) is 12.1 Å². The molecule has 0 aliphatic carbocycles. The molecule has 1 aromatic carbocycles. The quantitative estimate of drug-likeness (QED) is 0.266. The number of carboxylic acid groups (broad SMARTS) is 1. The third kappa shape index (κ3) is 7.00. The molecule has 0 spiro atoms. The van der Waals surface area contributed by atoms with Crippen LogP contribution < -0.4 is 15.4 Å². The number of nitrogens with one attached hydrogen (secondary N) is 2. The summed E-state index contributed by atoms with van der Waals surface area (Å²) in [6.45, 7) is -0.714.